The van der Waals surface area contributed by atoms with Crippen LogP contribution in [0.3, 0.4) is 0 Å². The number of hydroxylamine groups is 2. The third-order valence-corrected chi connectivity index (χ3v) is 6.10. The summed E-state index contributed by atoms with van der Waals surface area (Å²) in [5.74, 6) is -3.05. The lowest BCUT2D eigenvalue weighted by molar-refractivity contribution is -0.155. The van der Waals surface area contributed by atoms with Crippen molar-refractivity contribution >= 4 is 19.2 Å². The van der Waals surface area contributed by atoms with Crippen molar-refractivity contribution in [1.29, 1.82) is 0 Å². The number of carbonyl (C=O) groups is 1. The maximum absolute atomic E-state index is 13.7. The van der Waals surface area contributed by atoms with Crippen molar-refractivity contribution in [3.63, 3.8) is 0 Å². The normalized spacial score (nSPS) is 21.5. The SMILES string of the molecule is CCOP(=O)(OCC)[C@H]1C[C@H](C(=O)Nc2ccc(F)cc2F)ON1C. The largest absolute Gasteiger partial charge is 0.350 e. The van der Waals surface area contributed by atoms with Crippen LogP contribution in [0, 0.1) is 11.6 Å². The Balaban J connectivity index is 2.09. The molecule has 0 unspecified atom stereocenters. The zero-order valence-corrected chi connectivity index (χ0v) is 15.1. The molecule has 140 valence electrons. The molecule has 1 amide bonds. The van der Waals surface area contributed by atoms with Gasteiger partial charge in [-0.15, -0.1) is 0 Å². The van der Waals surface area contributed by atoms with E-state index in [1.165, 1.54) is 12.1 Å². The Kier molecular flexibility index (Phi) is 6.65. The summed E-state index contributed by atoms with van der Waals surface area (Å²) in [6.07, 6.45) is -0.962. The fourth-order valence-corrected chi connectivity index (χ4v) is 4.55. The maximum Gasteiger partial charge on any atom is 0.350 e. The summed E-state index contributed by atoms with van der Waals surface area (Å²) in [7, 11) is -1.99. The van der Waals surface area contributed by atoms with Gasteiger partial charge in [0.2, 0.25) is 0 Å². The number of amides is 1. The first-order chi connectivity index (χ1) is 11.8. The van der Waals surface area contributed by atoms with Gasteiger partial charge in [0.05, 0.1) is 18.9 Å². The van der Waals surface area contributed by atoms with Crippen molar-refractivity contribution < 1.29 is 32.0 Å². The van der Waals surface area contributed by atoms with Gasteiger partial charge in [-0.25, -0.2) is 8.78 Å². The fraction of sp³-hybridized carbons (Fsp3) is 0.533. The molecule has 1 N–H and O–H groups in total. The van der Waals surface area contributed by atoms with Crippen LogP contribution in [0.25, 0.3) is 0 Å². The molecule has 1 saturated heterocycles. The van der Waals surface area contributed by atoms with Crippen molar-refractivity contribution in [2.24, 2.45) is 0 Å². The van der Waals surface area contributed by atoms with Crippen molar-refractivity contribution in [3.05, 3.63) is 29.8 Å². The smallest absolute Gasteiger partial charge is 0.321 e. The van der Waals surface area contributed by atoms with Gasteiger partial charge in [0.25, 0.3) is 5.91 Å². The number of nitrogens with one attached hydrogen (secondary N) is 1. The first-order valence-corrected chi connectivity index (χ1v) is 9.46. The molecule has 0 bridgehead atoms. The molecule has 1 aromatic rings. The van der Waals surface area contributed by atoms with Gasteiger partial charge in [0.1, 0.15) is 17.4 Å². The number of nitrogens with zero attached hydrogens (tertiary/aromatic N) is 1. The third kappa shape index (κ3) is 4.62. The molecule has 2 atom stereocenters. The van der Waals surface area contributed by atoms with E-state index >= 15 is 0 Å². The minimum absolute atomic E-state index is 0.0441. The lowest BCUT2D eigenvalue weighted by Gasteiger charge is -2.25. The molecular formula is C15H21F2N2O5P. The average molecular weight is 378 g/mol. The lowest BCUT2D eigenvalue weighted by Crippen LogP contribution is -2.28. The zero-order chi connectivity index (χ0) is 18.6. The number of anilines is 1. The molecule has 2 rings (SSSR count). The van der Waals surface area contributed by atoms with E-state index < -0.39 is 37.0 Å². The minimum Gasteiger partial charge on any atom is -0.321 e. The highest BCUT2D eigenvalue weighted by molar-refractivity contribution is 7.54. The summed E-state index contributed by atoms with van der Waals surface area (Å²) in [6.45, 7) is 3.73. The van der Waals surface area contributed by atoms with E-state index in [-0.39, 0.29) is 25.3 Å². The van der Waals surface area contributed by atoms with E-state index in [1.807, 2.05) is 0 Å². The number of benzene rings is 1. The Morgan fingerprint density at radius 3 is 2.56 bits per heavy atom. The summed E-state index contributed by atoms with van der Waals surface area (Å²) in [4.78, 5) is 17.7. The number of rotatable bonds is 7. The molecule has 0 aromatic heterocycles. The topological polar surface area (TPSA) is 77.1 Å². The van der Waals surface area contributed by atoms with E-state index in [4.69, 9.17) is 13.9 Å². The molecule has 1 aliphatic rings. The summed E-state index contributed by atoms with van der Waals surface area (Å²) >= 11 is 0. The quantitative estimate of drug-likeness (QED) is 0.735. The molecule has 1 fully saturated rings. The minimum atomic E-state index is -3.50. The molecule has 10 heteroatoms. The van der Waals surface area contributed by atoms with Crippen LogP contribution in [0.5, 0.6) is 0 Å². The Labute approximate surface area is 144 Å². The summed E-state index contributed by atoms with van der Waals surface area (Å²) in [5, 5.41) is 3.59. The van der Waals surface area contributed by atoms with Gasteiger partial charge in [0, 0.05) is 19.5 Å². The standard InChI is InChI=1S/C15H21F2N2O5P/c1-4-22-25(21,23-5-2)14-9-13(24-19(14)3)15(20)18-12-7-6-10(16)8-11(12)17/h6-8,13-14H,4-5,9H2,1-3H3,(H,18,20)/t13-,14+/m1/s1. The molecule has 7 nitrogen and oxygen atoms in total. The van der Waals surface area contributed by atoms with Crippen molar-refractivity contribution in [2.75, 3.05) is 25.6 Å². The van der Waals surface area contributed by atoms with Crippen LogP contribution >= 0.6 is 7.60 Å². The van der Waals surface area contributed by atoms with Crippen LogP contribution in [0.4, 0.5) is 14.5 Å². The van der Waals surface area contributed by atoms with Gasteiger partial charge in [-0.05, 0) is 26.0 Å². The summed E-state index contributed by atoms with van der Waals surface area (Å²) in [6, 6.07) is 2.81. The van der Waals surface area contributed by atoms with Crippen LogP contribution in [-0.4, -0.2) is 43.1 Å². The van der Waals surface area contributed by atoms with Gasteiger partial charge in [0.15, 0.2) is 6.10 Å². The number of halogens is 2. The monoisotopic (exact) mass is 378 g/mol. The molecule has 0 saturated carbocycles. The molecule has 25 heavy (non-hydrogen) atoms. The van der Waals surface area contributed by atoms with Crippen molar-refractivity contribution in [3.8, 4) is 0 Å². The molecule has 1 aromatic carbocycles. The van der Waals surface area contributed by atoms with Crippen LogP contribution < -0.4 is 5.32 Å². The van der Waals surface area contributed by atoms with Gasteiger partial charge >= 0.3 is 7.60 Å². The Morgan fingerprint density at radius 1 is 1.36 bits per heavy atom. The predicted molar refractivity (Wildman–Crippen MR) is 86.9 cm³/mol. The fourth-order valence-electron chi connectivity index (χ4n) is 2.51. The van der Waals surface area contributed by atoms with Crippen LogP contribution in [0.1, 0.15) is 20.3 Å². The van der Waals surface area contributed by atoms with E-state index in [1.54, 1.807) is 13.8 Å². The molecule has 1 aliphatic heterocycles. The van der Waals surface area contributed by atoms with Crippen LogP contribution in [0.2, 0.25) is 0 Å². The van der Waals surface area contributed by atoms with Gasteiger partial charge in [-0.2, -0.15) is 5.06 Å². The van der Waals surface area contributed by atoms with Crippen molar-refractivity contribution in [2.45, 2.75) is 32.2 Å². The van der Waals surface area contributed by atoms with E-state index in [2.05, 4.69) is 5.32 Å². The number of hydrogen-bond donors (Lipinski definition) is 1. The highest BCUT2D eigenvalue weighted by Crippen LogP contribution is 2.57. The van der Waals surface area contributed by atoms with E-state index in [0.717, 1.165) is 12.1 Å². The number of hydrogen-bond acceptors (Lipinski definition) is 6. The van der Waals surface area contributed by atoms with Gasteiger partial charge in [-0.3, -0.25) is 14.2 Å². The van der Waals surface area contributed by atoms with E-state index in [9.17, 15) is 18.1 Å². The molecular weight excluding hydrogens is 357 g/mol. The molecule has 0 spiro atoms. The number of carbonyl (C=O) groups excluding carboxylic acids is 1. The maximum atomic E-state index is 13.7. The Hall–Kier alpha value is -1.38. The highest BCUT2D eigenvalue weighted by Gasteiger charge is 2.48. The Morgan fingerprint density at radius 2 is 2.00 bits per heavy atom. The summed E-state index contributed by atoms with van der Waals surface area (Å²) in [5.41, 5.74) is -0.168. The molecule has 0 aliphatic carbocycles. The highest BCUT2D eigenvalue weighted by atomic mass is 31.2. The van der Waals surface area contributed by atoms with Crippen LogP contribution in [0.15, 0.2) is 18.2 Å². The van der Waals surface area contributed by atoms with E-state index in [0.29, 0.717) is 6.07 Å². The summed E-state index contributed by atoms with van der Waals surface area (Å²) < 4.78 is 50.0. The predicted octanol–water partition coefficient (Wildman–Crippen LogP) is 3.13. The first-order valence-electron chi connectivity index (χ1n) is 7.85. The van der Waals surface area contributed by atoms with Crippen LogP contribution in [-0.2, 0) is 23.2 Å². The molecule has 1 heterocycles. The lowest BCUT2D eigenvalue weighted by atomic mass is 10.2. The molecule has 0 radical (unpaired) electrons. The second kappa shape index (κ2) is 8.33. The second-order valence-corrected chi connectivity index (χ2v) is 7.54. The third-order valence-electron chi connectivity index (χ3n) is 3.60. The Bertz CT molecular complexity index is 665. The second-order valence-electron chi connectivity index (χ2n) is 5.35. The van der Waals surface area contributed by atoms with Gasteiger partial charge in [-0.1, -0.05) is 0 Å². The van der Waals surface area contributed by atoms with Crippen molar-refractivity contribution in [1.82, 2.24) is 5.06 Å². The average Bonchev–Trinajstić information content (AvgIpc) is 2.93. The zero-order valence-electron chi connectivity index (χ0n) is 14.2. The first kappa shape index (κ1) is 19.9. The van der Waals surface area contributed by atoms with Gasteiger partial charge < -0.3 is 14.4 Å².